The molecule has 1 rings (SSSR count). The molecule has 0 aliphatic carbocycles. The summed E-state index contributed by atoms with van der Waals surface area (Å²) in [6.45, 7) is 2.35. The maximum absolute atomic E-state index is 13.1. The second-order valence-electron chi connectivity index (χ2n) is 4.01. The lowest BCUT2D eigenvalue weighted by molar-refractivity contribution is 0.178. The Kier molecular flexibility index (Phi) is 5.61. The van der Waals surface area contributed by atoms with Gasteiger partial charge in [-0.1, -0.05) is 6.07 Å². The third-order valence-electron chi connectivity index (χ3n) is 2.49. The van der Waals surface area contributed by atoms with Crippen molar-refractivity contribution in [1.82, 2.24) is 4.90 Å². The number of methoxy groups -OCH3 is 1. The molecule has 0 bridgehead atoms. The van der Waals surface area contributed by atoms with Crippen LogP contribution in [-0.4, -0.2) is 32.2 Å². The van der Waals surface area contributed by atoms with Crippen LogP contribution in [0, 0.1) is 17.1 Å². The van der Waals surface area contributed by atoms with Crippen LogP contribution in [0.25, 0.3) is 0 Å². The Morgan fingerprint density at radius 1 is 1.47 bits per heavy atom. The van der Waals surface area contributed by atoms with E-state index < -0.39 is 5.82 Å². The summed E-state index contributed by atoms with van der Waals surface area (Å²) in [5, 5.41) is 8.73. The van der Waals surface area contributed by atoms with Crippen LogP contribution in [-0.2, 0) is 11.3 Å². The highest BCUT2D eigenvalue weighted by Crippen LogP contribution is 2.11. The Labute approximate surface area is 101 Å². The van der Waals surface area contributed by atoms with Crippen LogP contribution in [0.1, 0.15) is 17.5 Å². The van der Waals surface area contributed by atoms with E-state index in [1.807, 2.05) is 13.1 Å². The summed E-state index contributed by atoms with van der Waals surface area (Å²) < 4.78 is 18.1. The van der Waals surface area contributed by atoms with Crippen molar-refractivity contribution in [2.24, 2.45) is 0 Å². The van der Waals surface area contributed by atoms with Gasteiger partial charge in [-0.3, -0.25) is 0 Å². The van der Waals surface area contributed by atoms with Crippen molar-refractivity contribution in [3.05, 3.63) is 35.1 Å². The van der Waals surface area contributed by atoms with Gasteiger partial charge in [-0.05, 0) is 31.2 Å². The lowest BCUT2D eigenvalue weighted by Gasteiger charge is -2.16. The van der Waals surface area contributed by atoms with Crippen LogP contribution in [0.15, 0.2) is 18.2 Å². The van der Waals surface area contributed by atoms with Crippen LogP contribution in [0.3, 0.4) is 0 Å². The van der Waals surface area contributed by atoms with E-state index in [9.17, 15) is 4.39 Å². The number of halogens is 1. The molecule has 0 saturated heterocycles. The molecule has 1 aromatic carbocycles. The normalized spacial score (nSPS) is 10.5. The predicted octanol–water partition coefficient (Wildman–Crippen LogP) is 2.17. The first kappa shape index (κ1) is 13.6. The van der Waals surface area contributed by atoms with Crippen molar-refractivity contribution in [2.75, 3.05) is 27.3 Å². The summed E-state index contributed by atoms with van der Waals surface area (Å²) in [6, 6.07) is 6.50. The fourth-order valence-electron chi connectivity index (χ4n) is 1.63. The van der Waals surface area contributed by atoms with Gasteiger partial charge in [0.15, 0.2) is 0 Å². The minimum atomic E-state index is -0.460. The lowest BCUT2D eigenvalue weighted by atomic mass is 10.1. The van der Waals surface area contributed by atoms with Gasteiger partial charge in [0.05, 0.1) is 5.56 Å². The van der Waals surface area contributed by atoms with Gasteiger partial charge in [-0.25, -0.2) is 4.39 Å². The second kappa shape index (κ2) is 7.00. The third kappa shape index (κ3) is 4.51. The summed E-state index contributed by atoms with van der Waals surface area (Å²) in [5.74, 6) is -0.460. The predicted molar refractivity (Wildman–Crippen MR) is 63.9 cm³/mol. The summed E-state index contributed by atoms with van der Waals surface area (Å²) in [5.41, 5.74) is 1.05. The van der Waals surface area contributed by atoms with Gasteiger partial charge in [0.1, 0.15) is 11.9 Å². The molecule has 0 saturated carbocycles. The molecule has 0 aromatic heterocycles. The van der Waals surface area contributed by atoms with Crippen molar-refractivity contribution in [3.63, 3.8) is 0 Å². The Hall–Kier alpha value is -1.44. The average molecular weight is 236 g/mol. The maximum Gasteiger partial charge on any atom is 0.140 e. The summed E-state index contributed by atoms with van der Waals surface area (Å²) in [4.78, 5) is 2.12. The van der Waals surface area contributed by atoms with Crippen LogP contribution >= 0.6 is 0 Å². The second-order valence-corrected chi connectivity index (χ2v) is 4.01. The highest BCUT2D eigenvalue weighted by molar-refractivity contribution is 5.34. The molecule has 0 heterocycles. The van der Waals surface area contributed by atoms with E-state index in [4.69, 9.17) is 10.00 Å². The first-order valence-corrected chi connectivity index (χ1v) is 5.53. The zero-order valence-electron chi connectivity index (χ0n) is 10.2. The monoisotopic (exact) mass is 236 g/mol. The van der Waals surface area contributed by atoms with E-state index in [2.05, 4.69) is 4.90 Å². The van der Waals surface area contributed by atoms with Crippen molar-refractivity contribution in [3.8, 4) is 6.07 Å². The molecule has 17 heavy (non-hydrogen) atoms. The highest BCUT2D eigenvalue weighted by atomic mass is 19.1. The van der Waals surface area contributed by atoms with Crippen molar-refractivity contribution in [2.45, 2.75) is 13.0 Å². The standard InChI is InChI=1S/C13H17FN2O/c1-16(6-3-7-17-2)10-11-4-5-13(14)12(8-11)9-15/h4-5,8H,3,6-7,10H2,1-2H3. The molecule has 0 unspecified atom stereocenters. The maximum atomic E-state index is 13.1. The molecule has 0 atom stereocenters. The molecule has 0 N–H and O–H groups in total. The summed E-state index contributed by atoms with van der Waals surface area (Å²) in [6.07, 6.45) is 0.958. The number of rotatable bonds is 6. The van der Waals surface area contributed by atoms with Crippen LogP contribution < -0.4 is 0 Å². The van der Waals surface area contributed by atoms with Gasteiger partial charge >= 0.3 is 0 Å². The van der Waals surface area contributed by atoms with E-state index in [0.29, 0.717) is 6.54 Å². The average Bonchev–Trinajstić information content (AvgIpc) is 2.32. The number of nitriles is 1. The van der Waals surface area contributed by atoms with Gasteiger partial charge in [0.25, 0.3) is 0 Å². The van der Waals surface area contributed by atoms with E-state index in [1.54, 1.807) is 19.2 Å². The Morgan fingerprint density at radius 2 is 2.24 bits per heavy atom. The lowest BCUT2D eigenvalue weighted by Crippen LogP contribution is -2.20. The van der Waals surface area contributed by atoms with Crippen LogP contribution in [0.5, 0.6) is 0 Å². The SMILES string of the molecule is COCCCN(C)Cc1ccc(F)c(C#N)c1. The molecular weight excluding hydrogens is 219 g/mol. The Morgan fingerprint density at radius 3 is 2.88 bits per heavy atom. The van der Waals surface area contributed by atoms with Crippen molar-refractivity contribution < 1.29 is 9.13 Å². The molecule has 3 nitrogen and oxygen atoms in total. The van der Waals surface area contributed by atoms with Crippen LogP contribution in [0.2, 0.25) is 0 Å². The number of benzene rings is 1. The molecule has 92 valence electrons. The van der Waals surface area contributed by atoms with Gasteiger partial charge in [0, 0.05) is 26.8 Å². The largest absolute Gasteiger partial charge is 0.385 e. The van der Waals surface area contributed by atoms with E-state index in [0.717, 1.165) is 25.1 Å². The first-order valence-electron chi connectivity index (χ1n) is 5.53. The first-order chi connectivity index (χ1) is 8.17. The summed E-state index contributed by atoms with van der Waals surface area (Å²) in [7, 11) is 3.67. The van der Waals surface area contributed by atoms with Crippen molar-refractivity contribution >= 4 is 0 Å². The van der Waals surface area contributed by atoms with E-state index in [-0.39, 0.29) is 5.56 Å². The molecule has 0 spiro atoms. The Bertz CT molecular complexity index is 401. The fourth-order valence-corrected chi connectivity index (χ4v) is 1.63. The third-order valence-corrected chi connectivity index (χ3v) is 2.49. The van der Waals surface area contributed by atoms with Gasteiger partial charge in [-0.15, -0.1) is 0 Å². The number of hydrogen-bond acceptors (Lipinski definition) is 3. The molecule has 1 aromatic rings. The molecule has 4 heteroatoms. The molecule has 0 amide bonds. The van der Waals surface area contributed by atoms with Gasteiger partial charge in [-0.2, -0.15) is 5.26 Å². The molecule has 0 aliphatic heterocycles. The van der Waals surface area contributed by atoms with Gasteiger partial charge in [0.2, 0.25) is 0 Å². The number of nitrogens with zero attached hydrogens (tertiary/aromatic N) is 2. The smallest absolute Gasteiger partial charge is 0.140 e. The number of ether oxygens (including phenoxy) is 1. The minimum Gasteiger partial charge on any atom is -0.385 e. The summed E-state index contributed by atoms with van der Waals surface area (Å²) >= 11 is 0. The van der Waals surface area contributed by atoms with Crippen LogP contribution in [0.4, 0.5) is 4.39 Å². The van der Waals surface area contributed by atoms with E-state index in [1.165, 1.54) is 6.07 Å². The van der Waals surface area contributed by atoms with Gasteiger partial charge < -0.3 is 9.64 Å². The molecular formula is C13H17FN2O. The zero-order valence-corrected chi connectivity index (χ0v) is 10.2. The molecule has 0 radical (unpaired) electrons. The number of hydrogen-bond donors (Lipinski definition) is 0. The molecule has 0 fully saturated rings. The highest BCUT2D eigenvalue weighted by Gasteiger charge is 2.05. The molecule has 0 aliphatic rings. The zero-order chi connectivity index (χ0) is 12.7. The topological polar surface area (TPSA) is 36.3 Å². The Balaban J connectivity index is 2.54. The quantitative estimate of drug-likeness (QED) is 0.710. The fraction of sp³-hybridized carbons (Fsp3) is 0.462. The van der Waals surface area contributed by atoms with Crippen molar-refractivity contribution in [1.29, 1.82) is 5.26 Å². The minimum absolute atomic E-state index is 0.104. The van der Waals surface area contributed by atoms with E-state index >= 15 is 0 Å².